The Morgan fingerprint density at radius 1 is 1.16 bits per heavy atom. The van der Waals surface area contributed by atoms with Gasteiger partial charge in [-0.2, -0.15) is 0 Å². The van der Waals surface area contributed by atoms with Crippen LogP contribution in [0, 0.1) is 28.1 Å². The van der Waals surface area contributed by atoms with Crippen molar-refractivity contribution >= 4 is 11.8 Å². The zero-order chi connectivity index (χ0) is 17.8. The van der Waals surface area contributed by atoms with Crippen LogP contribution in [0.4, 0.5) is 0 Å². The average Bonchev–Trinajstić information content (AvgIpc) is 3.01. The van der Waals surface area contributed by atoms with Crippen LogP contribution in [-0.4, -0.2) is 41.8 Å². The Morgan fingerprint density at radius 3 is 2.68 bits per heavy atom. The van der Waals surface area contributed by atoms with E-state index < -0.39 is 11.5 Å². The number of rotatable bonds is 0. The largest absolute Gasteiger partial charge is 0.457 e. The van der Waals surface area contributed by atoms with Gasteiger partial charge in [0.15, 0.2) is 0 Å². The Labute approximate surface area is 147 Å². The van der Waals surface area contributed by atoms with Crippen LogP contribution in [0.25, 0.3) is 0 Å². The van der Waals surface area contributed by atoms with Crippen molar-refractivity contribution in [2.75, 3.05) is 6.61 Å². The Bertz CT molecular complexity index is 713. The van der Waals surface area contributed by atoms with E-state index in [1.54, 1.807) is 6.92 Å². The van der Waals surface area contributed by atoms with E-state index in [1.807, 2.05) is 0 Å². The second-order valence-electron chi connectivity index (χ2n) is 9.47. The van der Waals surface area contributed by atoms with Crippen LogP contribution < -0.4 is 0 Å². The fraction of sp³-hybridized carbons (Fsp3) is 0.800. The predicted octanol–water partition coefficient (Wildman–Crippen LogP) is 2.02. The number of ketones is 1. The van der Waals surface area contributed by atoms with E-state index in [2.05, 4.69) is 19.9 Å². The van der Waals surface area contributed by atoms with Gasteiger partial charge in [0, 0.05) is 17.8 Å². The minimum Gasteiger partial charge on any atom is -0.457 e. The van der Waals surface area contributed by atoms with E-state index >= 15 is 0 Å². The third-order valence-electron chi connectivity index (χ3n) is 8.41. The molecule has 2 heterocycles. The van der Waals surface area contributed by atoms with Gasteiger partial charge in [-0.05, 0) is 49.2 Å². The molecule has 1 N–H and O–H groups in total. The molecule has 8 atom stereocenters. The van der Waals surface area contributed by atoms with Gasteiger partial charge in [-0.25, -0.2) is 0 Å². The van der Waals surface area contributed by atoms with E-state index in [1.165, 1.54) is 5.57 Å². The highest BCUT2D eigenvalue weighted by Gasteiger charge is 2.70. The van der Waals surface area contributed by atoms with Crippen molar-refractivity contribution in [3.05, 3.63) is 11.6 Å². The fourth-order valence-corrected chi connectivity index (χ4v) is 6.84. The van der Waals surface area contributed by atoms with E-state index in [-0.39, 0.29) is 40.7 Å². The molecule has 0 aromatic carbocycles. The summed E-state index contributed by atoms with van der Waals surface area (Å²) >= 11 is 0. The number of hydrogen-bond donors (Lipinski definition) is 1. The highest BCUT2D eigenvalue weighted by Crippen LogP contribution is 2.66. The van der Waals surface area contributed by atoms with Gasteiger partial charge in [0.1, 0.15) is 17.3 Å². The molecule has 2 aliphatic heterocycles. The van der Waals surface area contributed by atoms with Gasteiger partial charge in [-0.3, -0.25) is 9.59 Å². The molecule has 5 rings (SSSR count). The standard InChI is InChI=1S/C20H26O5/c1-18-7-5-13(21)20(3)15(18)12(25-17(20)23)8-10-11(18)4-6-19(2)14(22)9-24-16(10)19/h8,11-12,14-16,22H,4-7,9H2,1-3H3/t11-,12-,14+,15-,16+,18-,19+,20+/m1/s1. The van der Waals surface area contributed by atoms with Crippen LogP contribution in [-0.2, 0) is 19.1 Å². The number of aliphatic hydroxyl groups is 1. The first-order valence-corrected chi connectivity index (χ1v) is 9.48. The lowest BCUT2D eigenvalue weighted by atomic mass is 9.45. The Morgan fingerprint density at radius 2 is 1.92 bits per heavy atom. The van der Waals surface area contributed by atoms with Crippen LogP contribution in [0.3, 0.4) is 0 Å². The number of hydrogen-bond acceptors (Lipinski definition) is 5. The van der Waals surface area contributed by atoms with Crippen molar-refractivity contribution in [1.29, 1.82) is 0 Å². The van der Waals surface area contributed by atoms with Crippen molar-refractivity contribution in [3.63, 3.8) is 0 Å². The SMILES string of the molecule is C[C@@]12C(=O)CC[C@]3(C)[C@@H]4CC[C@@]5(C)[C@@H](O)CO[C@H]5C4=C[C@@H](OC1=O)[C@@H]23. The summed E-state index contributed by atoms with van der Waals surface area (Å²) in [5, 5.41) is 10.4. The maximum atomic E-state index is 12.6. The van der Waals surface area contributed by atoms with E-state index in [4.69, 9.17) is 9.47 Å². The van der Waals surface area contributed by atoms with E-state index in [9.17, 15) is 14.7 Å². The zero-order valence-electron chi connectivity index (χ0n) is 15.1. The molecule has 0 aromatic rings. The summed E-state index contributed by atoms with van der Waals surface area (Å²) < 4.78 is 11.7. The lowest BCUT2D eigenvalue weighted by Crippen LogP contribution is -2.59. The molecule has 2 saturated heterocycles. The first-order chi connectivity index (χ1) is 11.7. The highest BCUT2D eigenvalue weighted by atomic mass is 16.6. The zero-order valence-corrected chi connectivity index (χ0v) is 15.1. The summed E-state index contributed by atoms with van der Waals surface area (Å²) in [4.78, 5) is 25.3. The molecule has 5 heteroatoms. The first kappa shape index (κ1) is 16.0. The summed E-state index contributed by atoms with van der Waals surface area (Å²) in [6, 6.07) is 0. The maximum Gasteiger partial charge on any atom is 0.320 e. The molecule has 0 unspecified atom stereocenters. The number of esters is 1. The average molecular weight is 346 g/mol. The molecular weight excluding hydrogens is 320 g/mol. The van der Waals surface area contributed by atoms with E-state index in [0.717, 1.165) is 19.3 Å². The number of ether oxygens (including phenoxy) is 2. The smallest absolute Gasteiger partial charge is 0.320 e. The van der Waals surface area contributed by atoms with Crippen molar-refractivity contribution in [1.82, 2.24) is 0 Å². The highest BCUT2D eigenvalue weighted by molar-refractivity contribution is 6.06. The summed E-state index contributed by atoms with van der Waals surface area (Å²) in [7, 11) is 0. The van der Waals surface area contributed by atoms with Gasteiger partial charge in [0.2, 0.25) is 0 Å². The molecular formula is C20H26O5. The van der Waals surface area contributed by atoms with Crippen molar-refractivity contribution in [2.45, 2.75) is 64.8 Å². The molecule has 5 nitrogen and oxygen atoms in total. The molecule has 5 aliphatic rings. The molecule has 0 radical (unpaired) electrons. The van der Waals surface area contributed by atoms with Crippen LogP contribution in [0.15, 0.2) is 11.6 Å². The van der Waals surface area contributed by atoms with Crippen LogP contribution in [0.2, 0.25) is 0 Å². The molecule has 0 amide bonds. The van der Waals surface area contributed by atoms with E-state index in [0.29, 0.717) is 18.9 Å². The Kier molecular flexibility index (Phi) is 2.91. The van der Waals surface area contributed by atoms with Crippen molar-refractivity contribution < 1.29 is 24.2 Å². The van der Waals surface area contributed by atoms with Gasteiger partial charge in [-0.1, -0.05) is 13.8 Å². The van der Waals surface area contributed by atoms with Gasteiger partial charge < -0.3 is 14.6 Å². The van der Waals surface area contributed by atoms with Crippen molar-refractivity contribution in [2.24, 2.45) is 28.1 Å². The quantitative estimate of drug-likeness (QED) is 0.413. The minimum absolute atomic E-state index is 0.0347. The number of Topliss-reactive ketones (excluding diaryl/α,β-unsaturated/α-hetero) is 1. The lowest BCUT2D eigenvalue weighted by Gasteiger charge is -2.57. The van der Waals surface area contributed by atoms with Gasteiger partial charge in [-0.15, -0.1) is 0 Å². The Balaban J connectivity index is 1.66. The maximum absolute atomic E-state index is 12.6. The van der Waals surface area contributed by atoms with Crippen LogP contribution >= 0.6 is 0 Å². The van der Waals surface area contributed by atoms with Crippen molar-refractivity contribution in [3.8, 4) is 0 Å². The molecule has 0 spiro atoms. The minimum atomic E-state index is -1.00. The Hall–Kier alpha value is -1.20. The van der Waals surface area contributed by atoms with Crippen LogP contribution in [0.5, 0.6) is 0 Å². The van der Waals surface area contributed by atoms with Gasteiger partial charge in [0.05, 0.1) is 18.8 Å². The number of aliphatic hydroxyl groups excluding tert-OH is 1. The van der Waals surface area contributed by atoms with Gasteiger partial charge >= 0.3 is 5.97 Å². The lowest BCUT2D eigenvalue weighted by molar-refractivity contribution is -0.155. The summed E-state index contributed by atoms with van der Waals surface area (Å²) in [5.41, 5.74) is -0.208. The summed E-state index contributed by atoms with van der Waals surface area (Å²) in [5.74, 6) is -0.117. The summed E-state index contributed by atoms with van der Waals surface area (Å²) in [6.07, 6.45) is 4.29. The number of carbonyl (C=O) groups is 2. The predicted molar refractivity (Wildman–Crippen MR) is 88.5 cm³/mol. The molecule has 2 saturated carbocycles. The molecule has 25 heavy (non-hydrogen) atoms. The number of fused-ring (bicyclic) bond motifs is 4. The first-order valence-electron chi connectivity index (χ1n) is 9.48. The second kappa shape index (κ2) is 4.55. The molecule has 4 fully saturated rings. The normalized spacial score (nSPS) is 56.6. The topological polar surface area (TPSA) is 72.8 Å². The molecule has 3 aliphatic carbocycles. The second-order valence-corrected chi connectivity index (χ2v) is 9.47. The molecule has 0 bridgehead atoms. The third kappa shape index (κ3) is 1.63. The monoisotopic (exact) mass is 346 g/mol. The summed E-state index contributed by atoms with van der Waals surface area (Å²) in [6.45, 7) is 6.51. The molecule has 0 aromatic heterocycles. The molecule has 136 valence electrons. The van der Waals surface area contributed by atoms with Crippen LogP contribution in [0.1, 0.15) is 46.5 Å². The fourth-order valence-electron chi connectivity index (χ4n) is 6.84. The third-order valence-corrected chi connectivity index (χ3v) is 8.41. The number of carbonyl (C=O) groups excluding carboxylic acids is 2. The van der Waals surface area contributed by atoms with Gasteiger partial charge in [0.25, 0.3) is 0 Å².